The highest BCUT2D eigenvalue weighted by Gasteiger charge is 2.42. The van der Waals surface area contributed by atoms with E-state index in [1.807, 2.05) is 0 Å². The van der Waals surface area contributed by atoms with Crippen molar-refractivity contribution >= 4 is 10.0 Å². The number of halogens is 1. The minimum Gasteiger partial charge on any atom is -0.373 e. The molecular formula is C14H19FN2O3S. The first-order valence-corrected chi connectivity index (χ1v) is 8.59. The molecule has 2 saturated heterocycles. The molecule has 3 rings (SSSR count). The molecule has 0 saturated carbocycles. The maximum absolute atomic E-state index is 13.9. The minimum absolute atomic E-state index is 0.0756. The summed E-state index contributed by atoms with van der Waals surface area (Å²) >= 11 is 0. The Morgan fingerprint density at radius 2 is 2.19 bits per heavy atom. The topological polar surface area (TPSA) is 67.4 Å². The lowest BCUT2D eigenvalue weighted by molar-refractivity contribution is 0.0996. The van der Waals surface area contributed by atoms with Crippen LogP contribution in [0.1, 0.15) is 24.8 Å². The Bertz CT molecular complexity index is 635. The summed E-state index contributed by atoms with van der Waals surface area (Å²) in [6, 6.07) is 3.90. The summed E-state index contributed by atoms with van der Waals surface area (Å²) in [5.74, 6) is -0.730. The van der Waals surface area contributed by atoms with Crippen LogP contribution >= 0.6 is 0 Å². The van der Waals surface area contributed by atoms with Crippen LogP contribution in [-0.2, 0) is 21.3 Å². The minimum atomic E-state index is -3.87. The van der Waals surface area contributed by atoms with Gasteiger partial charge in [-0.25, -0.2) is 17.5 Å². The van der Waals surface area contributed by atoms with Gasteiger partial charge in [0.2, 0.25) is 10.0 Å². The van der Waals surface area contributed by atoms with Gasteiger partial charge >= 0.3 is 0 Å². The van der Waals surface area contributed by atoms with E-state index in [1.54, 1.807) is 13.1 Å². The van der Waals surface area contributed by atoms with Gasteiger partial charge in [-0.2, -0.15) is 0 Å². The number of hydrogen-bond donors (Lipinski definition) is 2. The van der Waals surface area contributed by atoms with Crippen molar-refractivity contribution < 1.29 is 17.5 Å². The predicted molar refractivity (Wildman–Crippen MR) is 75.8 cm³/mol. The van der Waals surface area contributed by atoms with Gasteiger partial charge in [-0.05, 0) is 44.0 Å². The molecule has 3 unspecified atom stereocenters. The van der Waals surface area contributed by atoms with Crippen molar-refractivity contribution in [2.24, 2.45) is 0 Å². The summed E-state index contributed by atoms with van der Waals surface area (Å²) < 4.78 is 47.0. The van der Waals surface area contributed by atoms with Gasteiger partial charge in [0.15, 0.2) is 0 Å². The monoisotopic (exact) mass is 314 g/mol. The summed E-state index contributed by atoms with van der Waals surface area (Å²) in [5, 5.41) is 2.92. The number of hydrogen-bond acceptors (Lipinski definition) is 4. The standard InChI is InChI=1S/C14H19FN2O3S/c1-16-8-9-2-4-11(15)14(6-9)21(18,19)17-12-7-10-3-5-13(12)20-10/h2,4,6,10,12-13,16-17H,3,5,7-8H2,1H3. The molecule has 2 N–H and O–H groups in total. The second kappa shape index (κ2) is 5.64. The molecule has 0 aliphatic carbocycles. The lowest BCUT2D eigenvalue weighted by Crippen LogP contribution is -2.41. The first kappa shape index (κ1) is 14.9. The van der Waals surface area contributed by atoms with Gasteiger partial charge in [0.1, 0.15) is 10.7 Å². The Morgan fingerprint density at radius 1 is 1.38 bits per heavy atom. The van der Waals surface area contributed by atoms with Crippen LogP contribution in [0.3, 0.4) is 0 Å². The van der Waals surface area contributed by atoms with E-state index >= 15 is 0 Å². The van der Waals surface area contributed by atoms with Gasteiger partial charge < -0.3 is 10.1 Å². The number of rotatable bonds is 5. The fourth-order valence-corrected chi connectivity index (χ4v) is 4.50. The Hall–Kier alpha value is -1.02. The van der Waals surface area contributed by atoms with Crippen molar-refractivity contribution in [3.05, 3.63) is 29.6 Å². The first-order valence-electron chi connectivity index (χ1n) is 7.10. The van der Waals surface area contributed by atoms with Crippen LogP contribution in [0.4, 0.5) is 4.39 Å². The summed E-state index contributed by atoms with van der Waals surface area (Å²) in [7, 11) is -2.12. The van der Waals surface area contributed by atoms with Gasteiger partial charge in [-0.15, -0.1) is 0 Å². The van der Waals surface area contributed by atoms with Crippen LogP contribution in [0.2, 0.25) is 0 Å². The molecule has 2 aliphatic rings. The molecule has 1 aromatic carbocycles. The highest BCUT2D eigenvalue weighted by atomic mass is 32.2. The number of fused-ring (bicyclic) bond motifs is 2. The molecule has 116 valence electrons. The fourth-order valence-electron chi connectivity index (χ4n) is 3.09. The lowest BCUT2D eigenvalue weighted by Gasteiger charge is -2.20. The maximum atomic E-state index is 13.9. The van der Waals surface area contributed by atoms with Crippen molar-refractivity contribution in [1.82, 2.24) is 10.0 Å². The quantitative estimate of drug-likeness (QED) is 0.855. The molecule has 1 aromatic rings. The SMILES string of the molecule is CNCc1ccc(F)c(S(=O)(=O)NC2CC3CCC2O3)c1. The van der Waals surface area contributed by atoms with Crippen LogP contribution in [0.15, 0.2) is 23.1 Å². The summed E-state index contributed by atoms with van der Waals surface area (Å²) in [6.07, 6.45) is 2.58. The largest absolute Gasteiger partial charge is 0.373 e. The van der Waals surface area contributed by atoms with Crippen molar-refractivity contribution in [3.8, 4) is 0 Å². The zero-order chi connectivity index (χ0) is 15.0. The molecule has 0 aromatic heterocycles. The van der Waals surface area contributed by atoms with Crippen LogP contribution in [0, 0.1) is 5.82 Å². The Kier molecular flexibility index (Phi) is 4.00. The van der Waals surface area contributed by atoms with E-state index in [1.165, 1.54) is 12.1 Å². The molecule has 2 aliphatic heterocycles. The van der Waals surface area contributed by atoms with Crippen LogP contribution < -0.4 is 10.0 Å². The summed E-state index contributed by atoms with van der Waals surface area (Å²) in [5.41, 5.74) is 0.725. The predicted octanol–water partition coefficient (Wildman–Crippen LogP) is 1.14. The van der Waals surface area contributed by atoms with E-state index in [0.717, 1.165) is 18.4 Å². The summed E-state index contributed by atoms with van der Waals surface area (Å²) in [4.78, 5) is -0.293. The molecule has 21 heavy (non-hydrogen) atoms. The van der Waals surface area contributed by atoms with E-state index in [2.05, 4.69) is 10.0 Å². The number of benzene rings is 1. The molecule has 2 heterocycles. The van der Waals surface area contributed by atoms with Gasteiger partial charge in [0.25, 0.3) is 0 Å². The van der Waals surface area contributed by atoms with Crippen LogP contribution in [0.5, 0.6) is 0 Å². The smallest absolute Gasteiger partial charge is 0.243 e. The second-order valence-electron chi connectivity index (χ2n) is 5.63. The van der Waals surface area contributed by atoms with Gasteiger partial charge in [-0.1, -0.05) is 6.07 Å². The number of nitrogens with one attached hydrogen (secondary N) is 2. The van der Waals surface area contributed by atoms with Crippen molar-refractivity contribution in [1.29, 1.82) is 0 Å². The van der Waals surface area contributed by atoms with Crippen molar-refractivity contribution in [2.75, 3.05) is 7.05 Å². The van der Waals surface area contributed by atoms with Crippen molar-refractivity contribution in [2.45, 2.75) is 49.0 Å². The molecule has 0 spiro atoms. The third-order valence-corrected chi connectivity index (χ3v) is 5.58. The first-order chi connectivity index (χ1) is 9.99. The highest BCUT2D eigenvalue weighted by molar-refractivity contribution is 7.89. The van der Waals surface area contributed by atoms with Gasteiger partial charge in [0, 0.05) is 6.54 Å². The Labute approximate surface area is 123 Å². The molecule has 5 nitrogen and oxygen atoms in total. The highest BCUT2D eigenvalue weighted by Crippen LogP contribution is 2.35. The lowest BCUT2D eigenvalue weighted by atomic mass is 9.96. The van der Waals surface area contributed by atoms with Crippen molar-refractivity contribution in [3.63, 3.8) is 0 Å². The summed E-state index contributed by atoms with van der Waals surface area (Å²) in [6.45, 7) is 0.486. The third-order valence-electron chi connectivity index (χ3n) is 4.08. The molecule has 2 bridgehead atoms. The zero-order valence-corrected chi connectivity index (χ0v) is 12.6. The van der Waals surface area contributed by atoms with E-state index in [0.29, 0.717) is 13.0 Å². The van der Waals surface area contributed by atoms with Crippen LogP contribution in [0.25, 0.3) is 0 Å². The average molecular weight is 314 g/mol. The molecular weight excluding hydrogens is 295 g/mol. The second-order valence-corrected chi connectivity index (χ2v) is 7.31. The molecule has 7 heteroatoms. The number of sulfonamides is 1. The fraction of sp³-hybridized carbons (Fsp3) is 0.571. The van der Waals surface area contributed by atoms with Gasteiger partial charge in [0.05, 0.1) is 18.2 Å². The van der Waals surface area contributed by atoms with E-state index in [-0.39, 0.29) is 23.1 Å². The average Bonchev–Trinajstić information content (AvgIpc) is 3.03. The van der Waals surface area contributed by atoms with E-state index in [4.69, 9.17) is 4.74 Å². The normalized spacial score (nSPS) is 28.2. The van der Waals surface area contributed by atoms with Gasteiger partial charge in [-0.3, -0.25) is 0 Å². The van der Waals surface area contributed by atoms with E-state index < -0.39 is 15.8 Å². The van der Waals surface area contributed by atoms with E-state index in [9.17, 15) is 12.8 Å². The number of ether oxygens (including phenoxy) is 1. The Morgan fingerprint density at radius 3 is 2.81 bits per heavy atom. The Balaban J connectivity index is 1.82. The molecule has 2 fully saturated rings. The zero-order valence-electron chi connectivity index (χ0n) is 11.8. The van der Waals surface area contributed by atoms with Crippen LogP contribution in [-0.4, -0.2) is 33.7 Å². The molecule has 3 atom stereocenters. The third kappa shape index (κ3) is 2.96. The molecule has 0 radical (unpaired) electrons. The maximum Gasteiger partial charge on any atom is 0.243 e. The molecule has 0 amide bonds.